The molecule has 1 fully saturated rings. The van der Waals surface area contributed by atoms with Crippen molar-refractivity contribution in [2.24, 2.45) is 0 Å². The minimum atomic E-state index is -0.457. The second-order valence-electron chi connectivity index (χ2n) is 8.02. The number of hydrogen-bond donors (Lipinski definition) is 1. The number of hydrogen-bond acceptors (Lipinski definition) is 7. The lowest BCUT2D eigenvalue weighted by Crippen LogP contribution is -2.49. The van der Waals surface area contributed by atoms with Gasteiger partial charge in [0.15, 0.2) is 0 Å². The molecular formula is C23H22N6O4. The number of fused-ring (bicyclic) bond motifs is 1. The topological polar surface area (TPSA) is 121 Å². The van der Waals surface area contributed by atoms with Gasteiger partial charge in [-0.3, -0.25) is 19.8 Å². The first kappa shape index (κ1) is 20.8. The van der Waals surface area contributed by atoms with Gasteiger partial charge in [0.05, 0.1) is 16.5 Å². The molecule has 2 aromatic heterocycles. The molecule has 1 unspecified atom stereocenters. The molecule has 0 aliphatic carbocycles. The summed E-state index contributed by atoms with van der Waals surface area (Å²) in [5.41, 5.74) is 2.00. The zero-order chi connectivity index (χ0) is 22.9. The van der Waals surface area contributed by atoms with Gasteiger partial charge in [0, 0.05) is 61.0 Å². The fraction of sp³-hybridized carbons (Fsp3) is 0.261. The summed E-state index contributed by atoms with van der Waals surface area (Å²) in [6, 6.07) is 14.1. The van der Waals surface area contributed by atoms with Crippen LogP contribution >= 0.6 is 0 Å². The lowest BCUT2D eigenvalue weighted by molar-refractivity contribution is -0.384. The number of nitro benzene ring substituents is 1. The number of piperazine rings is 1. The molecule has 3 heterocycles. The van der Waals surface area contributed by atoms with Crippen molar-refractivity contribution in [3.63, 3.8) is 0 Å². The summed E-state index contributed by atoms with van der Waals surface area (Å²) in [6.45, 7) is 4.38. The first-order chi connectivity index (χ1) is 16.0. The van der Waals surface area contributed by atoms with E-state index in [1.165, 1.54) is 12.1 Å². The van der Waals surface area contributed by atoms with Crippen LogP contribution in [0.5, 0.6) is 0 Å². The summed E-state index contributed by atoms with van der Waals surface area (Å²) in [7, 11) is 0. The average Bonchev–Trinajstić information content (AvgIpc) is 3.51. The second-order valence-corrected chi connectivity index (χ2v) is 8.02. The van der Waals surface area contributed by atoms with Crippen molar-refractivity contribution in [3.05, 3.63) is 76.3 Å². The highest BCUT2D eigenvalue weighted by molar-refractivity contribution is 6.07. The Kier molecular flexibility index (Phi) is 5.35. The maximum Gasteiger partial charge on any atom is 0.270 e. The van der Waals surface area contributed by atoms with E-state index in [1.807, 2.05) is 37.3 Å². The normalized spacial score (nSPS) is 15.6. The molecule has 1 atom stereocenters. The number of H-pyrrole nitrogens is 1. The highest BCUT2D eigenvalue weighted by Crippen LogP contribution is 2.27. The minimum absolute atomic E-state index is 0.0378. The number of nitrogens with zero attached hydrogens (tertiary/aromatic N) is 5. The largest absolute Gasteiger partial charge is 0.360 e. The number of rotatable bonds is 5. The molecule has 10 heteroatoms. The molecule has 0 bridgehead atoms. The molecule has 1 aliphatic rings. The van der Waals surface area contributed by atoms with Gasteiger partial charge in [-0.1, -0.05) is 35.5 Å². The number of benzene rings is 2. The van der Waals surface area contributed by atoms with Gasteiger partial charge in [-0.25, -0.2) is 0 Å². The highest BCUT2D eigenvalue weighted by Gasteiger charge is 2.29. The van der Waals surface area contributed by atoms with Crippen molar-refractivity contribution in [1.29, 1.82) is 0 Å². The molecule has 168 valence electrons. The molecule has 33 heavy (non-hydrogen) atoms. The van der Waals surface area contributed by atoms with E-state index in [2.05, 4.69) is 20.0 Å². The number of non-ortho nitro benzene ring substituents is 1. The third-order valence-electron chi connectivity index (χ3n) is 6.09. The summed E-state index contributed by atoms with van der Waals surface area (Å²) in [4.78, 5) is 35.4. The number of carbonyl (C=O) groups excluding carboxylic acids is 1. The van der Waals surface area contributed by atoms with Crippen molar-refractivity contribution >= 4 is 22.5 Å². The van der Waals surface area contributed by atoms with Crippen LogP contribution in [0.4, 0.5) is 5.69 Å². The molecule has 1 aliphatic heterocycles. The third-order valence-corrected chi connectivity index (χ3v) is 6.09. The van der Waals surface area contributed by atoms with E-state index < -0.39 is 4.92 Å². The Morgan fingerprint density at radius 1 is 1.15 bits per heavy atom. The van der Waals surface area contributed by atoms with Crippen molar-refractivity contribution in [2.45, 2.75) is 13.0 Å². The number of nitro groups is 1. The van der Waals surface area contributed by atoms with Gasteiger partial charge in [0.2, 0.25) is 11.7 Å². The highest BCUT2D eigenvalue weighted by atomic mass is 16.6. The van der Waals surface area contributed by atoms with E-state index in [4.69, 9.17) is 4.52 Å². The van der Waals surface area contributed by atoms with Gasteiger partial charge in [-0.2, -0.15) is 4.98 Å². The predicted molar refractivity (Wildman–Crippen MR) is 121 cm³/mol. The number of amides is 1. The van der Waals surface area contributed by atoms with E-state index in [0.717, 1.165) is 5.56 Å². The van der Waals surface area contributed by atoms with Crippen molar-refractivity contribution < 1.29 is 14.2 Å². The fourth-order valence-electron chi connectivity index (χ4n) is 4.15. The number of aromatic amines is 1. The van der Waals surface area contributed by atoms with Crippen LogP contribution in [0.3, 0.4) is 0 Å². The van der Waals surface area contributed by atoms with Gasteiger partial charge < -0.3 is 14.4 Å². The Labute approximate surface area is 189 Å². The number of carbonyl (C=O) groups is 1. The quantitative estimate of drug-likeness (QED) is 0.367. The number of nitrogens with one attached hydrogen (secondary N) is 1. The zero-order valence-electron chi connectivity index (χ0n) is 18.0. The summed E-state index contributed by atoms with van der Waals surface area (Å²) in [6.07, 6.45) is 1.62. The van der Waals surface area contributed by atoms with Gasteiger partial charge in [-0.05, 0) is 13.0 Å². The summed E-state index contributed by atoms with van der Waals surface area (Å²) >= 11 is 0. The van der Waals surface area contributed by atoms with E-state index in [9.17, 15) is 14.9 Å². The van der Waals surface area contributed by atoms with Crippen LogP contribution in [0.25, 0.3) is 22.3 Å². The van der Waals surface area contributed by atoms with Crippen molar-refractivity contribution in [1.82, 2.24) is 24.9 Å². The monoisotopic (exact) mass is 446 g/mol. The molecule has 4 aromatic rings. The van der Waals surface area contributed by atoms with Crippen LogP contribution in [0.15, 0.2) is 59.3 Å². The Morgan fingerprint density at radius 2 is 1.91 bits per heavy atom. The average molecular weight is 446 g/mol. The van der Waals surface area contributed by atoms with Gasteiger partial charge in [0.1, 0.15) is 0 Å². The van der Waals surface area contributed by atoms with E-state index >= 15 is 0 Å². The second kappa shape index (κ2) is 8.47. The molecule has 5 rings (SSSR count). The Morgan fingerprint density at radius 3 is 2.64 bits per heavy atom. The molecule has 1 amide bonds. The lowest BCUT2D eigenvalue weighted by atomic mass is 10.1. The maximum absolute atomic E-state index is 13.1. The van der Waals surface area contributed by atoms with Crippen molar-refractivity contribution in [2.75, 3.05) is 26.2 Å². The van der Waals surface area contributed by atoms with Crippen molar-refractivity contribution in [3.8, 4) is 11.4 Å². The Balaban J connectivity index is 1.26. The molecular weight excluding hydrogens is 424 g/mol. The van der Waals surface area contributed by atoms with E-state index in [-0.39, 0.29) is 17.6 Å². The molecule has 10 nitrogen and oxygen atoms in total. The molecule has 0 radical (unpaired) electrons. The lowest BCUT2D eigenvalue weighted by Gasteiger charge is -2.36. The summed E-state index contributed by atoms with van der Waals surface area (Å²) in [5, 5.41) is 15.8. The smallest absolute Gasteiger partial charge is 0.270 e. The molecule has 2 aromatic carbocycles. The minimum Gasteiger partial charge on any atom is -0.360 e. The van der Waals surface area contributed by atoms with Crippen LogP contribution in [-0.2, 0) is 0 Å². The van der Waals surface area contributed by atoms with Crippen LogP contribution in [0.2, 0.25) is 0 Å². The number of aromatic nitrogens is 3. The third kappa shape index (κ3) is 3.96. The predicted octanol–water partition coefficient (Wildman–Crippen LogP) is 3.65. The van der Waals surface area contributed by atoms with Crippen LogP contribution in [0.1, 0.15) is 29.2 Å². The fourth-order valence-corrected chi connectivity index (χ4v) is 4.15. The summed E-state index contributed by atoms with van der Waals surface area (Å²) in [5.74, 6) is 0.954. The van der Waals surface area contributed by atoms with Crippen LogP contribution < -0.4 is 0 Å². The molecule has 1 N–H and O–H groups in total. The van der Waals surface area contributed by atoms with Crippen LogP contribution in [-0.4, -0.2) is 61.9 Å². The molecule has 1 saturated heterocycles. The van der Waals surface area contributed by atoms with Gasteiger partial charge in [0.25, 0.3) is 11.6 Å². The first-order valence-corrected chi connectivity index (χ1v) is 10.7. The Hall–Kier alpha value is -4.05. The zero-order valence-corrected chi connectivity index (χ0v) is 18.0. The van der Waals surface area contributed by atoms with Crippen LogP contribution in [0, 0.1) is 10.1 Å². The SMILES string of the molecule is CC(c1nc(-c2ccccc2)no1)N1CCN(C(=O)c2c[nH]c3ccc([N+](=O)[O-])cc23)CC1. The molecule has 0 spiro atoms. The van der Waals surface area contributed by atoms with Gasteiger partial charge >= 0.3 is 0 Å². The first-order valence-electron chi connectivity index (χ1n) is 10.7. The van der Waals surface area contributed by atoms with E-state index in [0.29, 0.717) is 54.4 Å². The van der Waals surface area contributed by atoms with Gasteiger partial charge in [-0.15, -0.1) is 0 Å². The molecule has 0 saturated carbocycles. The van der Waals surface area contributed by atoms with E-state index in [1.54, 1.807) is 17.2 Å². The maximum atomic E-state index is 13.1. The summed E-state index contributed by atoms with van der Waals surface area (Å²) < 4.78 is 5.50. The standard InChI is InChI=1S/C23H22N6O4/c1-15(22-25-21(26-33-22)16-5-3-2-4-6-16)27-9-11-28(12-10-27)23(30)19-14-24-20-8-7-17(29(31)32)13-18(19)20/h2-8,13-15,24H,9-12H2,1H3. The Bertz CT molecular complexity index is 1310.